The van der Waals surface area contributed by atoms with E-state index in [1.807, 2.05) is 0 Å². The van der Waals surface area contributed by atoms with Gasteiger partial charge >= 0.3 is 12.4 Å². The van der Waals surface area contributed by atoms with Gasteiger partial charge in [0.05, 0.1) is 23.1 Å². The minimum Gasteiger partial charge on any atom is -0.496 e. The highest BCUT2D eigenvalue weighted by Gasteiger charge is 2.38. The molecule has 14 heteroatoms. The van der Waals surface area contributed by atoms with Crippen LogP contribution in [0.5, 0.6) is 11.5 Å². The third kappa shape index (κ3) is 7.37. The van der Waals surface area contributed by atoms with E-state index in [1.165, 1.54) is 37.5 Å². The molecule has 216 valence electrons. The third-order valence-corrected chi connectivity index (χ3v) is 6.64. The third-order valence-electron chi connectivity index (χ3n) is 5.69. The molecular weight excluding hydrogens is 584 g/mol. The highest BCUT2D eigenvalue weighted by atomic mass is 32.2. The number of nitrogens with zero attached hydrogens (tertiary/aromatic N) is 1. The lowest BCUT2D eigenvalue weighted by atomic mass is 10.0. The maximum atomic E-state index is 13.8. The largest absolute Gasteiger partial charge is 0.496 e. The number of carbonyl (C=O) groups excluding carboxylic acids is 1. The van der Waals surface area contributed by atoms with Crippen molar-refractivity contribution in [2.24, 2.45) is 4.99 Å². The van der Waals surface area contributed by atoms with Crippen LogP contribution in [0.15, 0.2) is 64.5 Å². The number of rotatable bonds is 7. The Morgan fingerprint density at radius 1 is 0.927 bits per heavy atom. The van der Waals surface area contributed by atoms with E-state index in [0.29, 0.717) is 17.7 Å². The van der Waals surface area contributed by atoms with Gasteiger partial charge in [0.15, 0.2) is 5.17 Å². The summed E-state index contributed by atoms with van der Waals surface area (Å²) >= 11 is 0.960. The fraction of sp³-hybridized carbons (Fsp3) is 0.185. The van der Waals surface area contributed by atoms with E-state index in [2.05, 4.69) is 10.3 Å². The Morgan fingerprint density at radius 3 is 2.32 bits per heavy atom. The molecule has 0 saturated carbocycles. The van der Waals surface area contributed by atoms with Crippen molar-refractivity contribution < 1.29 is 49.4 Å². The second-order valence-corrected chi connectivity index (χ2v) is 9.51. The number of alkyl halides is 6. The molecule has 0 spiro atoms. The lowest BCUT2D eigenvalue weighted by Gasteiger charge is -2.17. The minimum atomic E-state index is -5.04. The van der Waals surface area contributed by atoms with Crippen molar-refractivity contribution in [3.8, 4) is 11.5 Å². The zero-order valence-corrected chi connectivity index (χ0v) is 21.6. The van der Waals surface area contributed by atoms with Crippen molar-refractivity contribution >= 4 is 28.9 Å². The summed E-state index contributed by atoms with van der Waals surface area (Å²) in [5.41, 5.74) is -2.85. The van der Waals surface area contributed by atoms with Crippen LogP contribution in [0, 0.1) is 11.6 Å². The van der Waals surface area contributed by atoms with Gasteiger partial charge in [0, 0.05) is 35.4 Å². The molecule has 0 unspecified atom stereocenters. The molecule has 0 aromatic heterocycles. The van der Waals surface area contributed by atoms with Gasteiger partial charge in [-0.25, -0.2) is 8.78 Å². The Kier molecular flexibility index (Phi) is 8.61. The van der Waals surface area contributed by atoms with Gasteiger partial charge in [-0.3, -0.25) is 4.79 Å². The molecular formula is C27H18F8N2O3S. The maximum Gasteiger partial charge on any atom is 0.416 e. The number of hydrogen-bond acceptors (Lipinski definition) is 5. The molecule has 3 aromatic carbocycles. The quantitative estimate of drug-likeness (QED) is 0.227. The second kappa shape index (κ2) is 11.8. The number of carbonyl (C=O) groups is 1. The molecule has 0 bridgehead atoms. The summed E-state index contributed by atoms with van der Waals surface area (Å²) in [4.78, 5) is 16.4. The van der Waals surface area contributed by atoms with Crippen LogP contribution in [0.3, 0.4) is 0 Å². The van der Waals surface area contributed by atoms with Gasteiger partial charge in [0.2, 0.25) is 0 Å². The monoisotopic (exact) mass is 602 g/mol. The van der Waals surface area contributed by atoms with E-state index in [4.69, 9.17) is 9.47 Å². The molecule has 0 aliphatic carbocycles. The number of amides is 1. The average Bonchev–Trinajstić information content (AvgIpc) is 3.25. The lowest BCUT2D eigenvalue weighted by molar-refractivity contribution is -0.143. The second-order valence-electron chi connectivity index (χ2n) is 8.48. The first kappa shape index (κ1) is 29.9. The van der Waals surface area contributed by atoms with Crippen molar-refractivity contribution in [3.05, 3.63) is 99.0 Å². The highest BCUT2D eigenvalue weighted by Crippen LogP contribution is 2.38. The van der Waals surface area contributed by atoms with Crippen LogP contribution in [-0.2, 0) is 30.3 Å². The van der Waals surface area contributed by atoms with Crippen LogP contribution in [-0.4, -0.2) is 18.2 Å². The fourth-order valence-electron chi connectivity index (χ4n) is 3.67. The number of aliphatic imine (C=N–C) groups is 1. The van der Waals surface area contributed by atoms with Crippen LogP contribution in [0.1, 0.15) is 27.8 Å². The van der Waals surface area contributed by atoms with Crippen molar-refractivity contribution in [1.29, 1.82) is 0 Å². The van der Waals surface area contributed by atoms with E-state index in [0.717, 1.165) is 23.9 Å². The summed E-state index contributed by atoms with van der Waals surface area (Å²) in [7, 11) is 1.31. The molecule has 1 heterocycles. The molecule has 4 rings (SSSR count). The Balaban J connectivity index is 1.45. The van der Waals surface area contributed by atoms with Gasteiger partial charge in [-0.2, -0.15) is 31.3 Å². The SMILES string of the molecule is COc1cc(OCc2ccc(C(F)(F)F)cc2C(F)(F)F)ccc1C=C1SC(NCc2ccc(F)cc2F)=NC1=O. The van der Waals surface area contributed by atoms with Gasteiger partial charge in [0.1, 0.15) is 29.7 Å². The predicted molar refractivity (Wildman–Crippen MR) is 135 cm³/mol. The van der Waals surface area contributed by atoms with E-state index in [-0.39, 0.29) is 39.7 Å². The van der Waals surface area contributed by atoms with E-state index < -0.39 is 53.2 Å². The van der Waals surface area contributed by atoms with E-state index in [1.54, 1.807) is 0 Å². The first-order valence-corrected chi connectivity index (χ1v) is 12.3. The van der Waals surface area contributed by atoms with Crippen molar-refractivity contribution in [2.75, 3.05) is 7.11 Å². The number of hydrogen-bond donors (Lipinski definition) is 1. The van der Waals surface area contributed by atoms with Gasteiger partial charge in [-0.05, 0) is 48.2 Å². The molecule has 3 aromatic rings. The Bertz CT molecular complexity index is 1530. The van der Waals surface area contributed by atoms with Gasteiger partial charge in [0.25, 0.3) is 5.91 Å². The number of benzene rings is 3. The Morgan fingerprint density at radius 2 is 1.66 bits per heavy atom. The molecule has 0 atom stereocenters. The summed E-state index contributed by atoms with van der Waals surface area (Å²) < 4.78 is 117. The Hall–Kier alpha value is -4.07. The molecule has 1 aliphatic rings. The summed E-state index contributed by atoms with van der Waals surface area (Å²) in [6.07, 6.45) is -8.54. The first-order valence-electron chi connectivity index (χ1n) is 11.5. The minimum absolute atomic E-state index is 0.0339. The first-order chi connectivity index (χ1) is 19.2. The van der Waals surface area contributed by atoms with Crippen molar-refractivity contribution in [2.45, 2.75) is 25.5 Å². The predicted octanol–water partition coefficient (Wildman–Crippen LogP) is 7.35. The summed E-state index contributed by atoms with van der Waals surface area (Å²) in [6, 6.07) is 8.55. The van der Waals surface area contributed by atoms with Crippen molar-refractivity contribution in [3.63, 3.8) is 0 Å². The zero-order chi connectivity index (χ0) is 29.9. The normalized spacial score (nSPS) is 14.8. The molecule has 1 amide bonds. The van der Waals surface area contributed by atoms with Crippen LogP contribution < -0.4 is 14.8 Å². The van der Waals surface area contributed by atoms with Crippen LogP contribution in [0.25, 0.3) is 6.08 Å². The van der Waals surface area contributed by atoms with E-state index in [9.17, 15) is 39.9 Å². The molecule has 5 nitrogen and oxygen atoms in total. The van der Waals surface area contributed by atoms with E-state index >= 15 is 0 Å². The Labute approximate surface area is 231 Å². The van der Waals surface area contributed by atoms with Crippen LogP contribution >= 0.6 is 11.8 Å². The molecule has 41 heavy (non-hydrogen) atoms. The highest BCUT2D eigenvalue weighted by molar-refractivity contribution is 8.18. The number of nitrogens with one attached hydrogen (secondary N) is 1. The van der Waals surface area contributed by atoms with Crippen LogP contribution in [0.4, 0.5) is 35.1 Å². The summed E-state index contributed by atoms with van der Waals surface area (Å²) in [5.74, 6) is -1.84. The topological polar surface area (TPSA) is 59.9 Å². The fourth-order valence-corrected chi connectivity index (χ4v) is 4.47. The smallest absolute Gasteiger partial charge is 0.416 e. The standard InChI is InChI=1S/C27H18F8N2O3S/c1-39-22-11-19(40-13-16-2-5-17(26(30,31)32)9-20(16)27(33,34)35)7-4-14(22)8-23-24(38)37-25(41-23)36-12-15-3-6-18(28)10-21(15)29/h2-11H,12-13H2,1H3,(H,36,37,38). The van der Waals surface area contributed by atoms with Gasteiger partial charge in [-0.15, -0.1) is 0 Å². The van der Waals surface area contributed by atoms with Gasteiger partial charge < -0.3 is 14.8 Å². The van der Waals surface area contributed by atoms with Crippen LogP contribution in [0.2, 0.25) is 0 Å². The number of halogens is 8. The zero-order valence-electron chi connectivity index (χ0n) is 20.8. The molecule has 0 fully saturated rings. The average molecular weight is 603 g/mol. The summed E-state index contributed by atoms with van der Waals surface area (Å²) in [6.45, 7) is -0.731. The molecule has 1 N–H and O–H groups in total. The number of methoxy groups -OCH3 is 1. The lowest BCUT2D eigenvalue weighted by Crippen LogP contribution is -2.19. The maximum absolute atomic E-state index is 13.8. The number of ether oxygens (including phenoxy) is 2. The molecule has 0 radical (unpaired) electrons. The number of thioether (sulfide) groups is 1. The molecule has 0 saturated heterocycles. The number of amidine groups is 1. The van der Waals surface area contributed by atoms with Crippen molar-refractivity contribution in [1.82, 2.24) is 5.32 Å². The summed E-state index contributed by atoms with van der Waals surface area (Å²) in [5, 5.41) is 2.98. The molecule has 1 aliphatic heterocycles. The van der Waals surface area contributed by atoms with Gasteiger partial charge in [-0.1, -0.05) is 12.1 Å².